The molecule has 0 saturated carbocycles. The summed E-state index contributed by atoms with van der Waals surface area (Å²) < 4.78 is 27.3. The molecular weight excluding hydrogens is 192 g/mol. The van der Waals surface area contributed by atoms with E-state index in [0.29, 0.717) is 6.42 Å². The minimum atomic E-state index is -3.31. The van der Waals surface area contributed by atoms with Crippen LogP contribution in [0.3, 0.4) is 0 Å². The van der Waals surface area contributed by atoms with Crippen molar-refractivity contribution in [2.45, 2.75) is 26.1 Å². The second-order valence-corrected chi connectivity index (χ2v) is 9.95. The van der Waals surface area contributed by atoms with Crippen molar-refractivity contribution < 1.29 is 12.3 Å². The zero-order valence-corrected chi connectivity index (χ0v) is 9.65. The summed E-state index contributed by atoms with van der Waals surface area (Å²) in [5.41, 5.74) is 0. The molecular formula is C7H16O3SSi. The number of rotatable bonds is 5. The van der Waals surface area contributed by atoms with Crippen molar-refractivity contribution in [1.82, 2.24) is 0 Å². The van der Waals surface area contributed by atoms with Crippen LogP contribution in [0, 0.1) is 0 Å². The third-order valence-electron chi connectivity index (χ3n) is 0.949. The van der Waals surface area contributed by atoms with Crippen molar-refractivity contribution in [3.8, 4) is 0 Å². The lowest BCUT2D eigenvalue weighted by Gasteiger charge is -2.15. The van der Waals surface area contributed by atoms with Crippen LogP contribution < -0.4 is 0 Å². The smallest absolute Gasteiger partial charge is 0.258 e. The summed E-state index contributed by atoms with van der Waals surface area (Å²) in [5.74, 6) is 0.0424. The summed E-state index contributed by atoms with van der Waals surface area (Å²) in [5, 5.41) is 0. The quantitative estimate of drug-likeness (QED) is 0.510. The fourth-order valence-electron chi connectivity index (χ4n) is 0.650. The lowest BCUT2D eigenvalue weighted by molar-refractivity contribution is 0.485. The Bertz CT molecular complexity index is 238. The third kappa shape index (κ3) is 6.57. The van der Waals surface area contributed by atoms with Gasteiger partial charge >= 0.3 is 0 Å². The normalized spacial score (nSPS) is 12.9. The van der Waals surface area contributed by atoms with Gasteiger partial charge in [0, 0.05) is 0 Å². The maximum absolute atomic E-state index is 11.2. The summed E-state index contributed by atoms with van der Waals surface area (Å²) >= 11 is 0. The molecule has 5 heteroatoms. The van der Waals surface area contributed by atoms with E-state index in [9.17, 15) is 8.42 Å². The van der Waals surface area contributed by atoms with Crippen LogP contribution >= 0.6 is 0 Å². The molecule has 0 unspecified atom stereocenters. The van der Waals surface area contributed by atoms with E-state index in [-0.39, 0.29) is 5.75 Å². The fraction of sp³-hybridized carbons (Fsp3) is 0.714. The molecule has 0 spiro atoms. The van der Waals surface area contributed by atoms with Crippen molar-refractivity contribution in [1.29, 1.82) is 0 Å². The highest BCUT2D eigenvalue weighted by atomic mass is 32.2. The van der Waals surface area contributed by atoms with Gasteiger partial charge in [0.15, 0.2) is 0 Å². The van der Waals surface area contributed by atoms with Crippen LogP contribution in [0.1, 0.15) is 6.42 Å². The van der Waals surface area contributed by atoms with Crippen LogP contribution in [-0.4, -0.2) is 22.5 Å². The molecule has 0 heterocycles. The van der Waals surface area contributed by atoms with Crippen LogP contribution in [0.5, 0.6) is 0 Å². The van der Waals surface area contributed by atoms with E-state index < -0.39 is 18.4 Å². The Morgan fingerprint density at radius 2 is 1.92 bits per heavy atom. The first kappa shape index (κ1) is 11.9. The van der Waals surface area contributed by atoms with Gasteiger partial charge in [-0.2, -0.15) is 0 Å². The van der Waals surface area contributed by atoms with Crippen LogP contribution in [-0.2, 0) is 14.0 Å². The highest BCUT2D eigenvalue weighted by Gasteiger charge is 2.23. The molecule has 0 N–H and O–H groups in total. The fourth-order valence-corrected chi connectivity index (χ4v) is 4.49. The Morgan fingerprint density at radius 3 is 2.25 bits per heavy atom. The zero-order chi connectivity index (χ0) is 9.83. The SMILES string of the molecule is C=CCCS(=O)(=O)O[Si](C)(C)C. The van der Waals surface area contributed by atoms with Crippen molar-refractivity contribution >= 4 is 18.4 Å². The Balaban J connectivity index is 4.15. The third-order valence-corrected chi connectivity index (χ3v) is 4.70. The summed E-state index contributed by atoms with van der Waals surface area (Å²) in [6.45, 7) is 8.99. The van der Waals surface area contributed by atoms with Crippen molar-refractivity contribution in [3.05, 3.63) is 12.7 Å². The first-order valence-corrected chi connectivity index (χ1v) is 8.79. The summed E-state index contributed by atoms with van der Waals surface area (Å²) in [6, 6.07) is 0. The highest BCUT2D eigenvalue weighted by molar-refractivity contribution is 7.87. The predicted molar refractivity (Wildman–Crippen MR) is 53.0 cm³/mol. The Kier molecular flexibility index (Phi) is 4.16. The second-order valence-electron chi connectivity index (χ2n) is 3.53. The minimum absolute atomic E-state index is 0.0424. The molecule has 0 aromatic rings. The monoisotopic (exact) mass is 208 g/mol. The van der Waals surface area contributed by atoms with Gasteiger partial charge in [0.1, 0.15) is 0 Å². The molecule has 0 rings (SSSR count). The molecule has 0 aromatic carbocycles. The standard InChI is InChI=1S/C7H16O3SSi/c1-5-6-7-11(8,9)10-12(2,3)4/h5H,1,6-7H2,2-4H3. The average Bonchev–Trinajstić information content (AvgIpc) is 1.78. The molecule has 0 atom stereocenters. The van der Waals surface area contributed by atoms with E-state index in [4.69, 9.17) is 3.87 Å². The molecule has 72 valence electrons. The molecule has 0 aliphatic carbocycles. The largest absolute Gasteiger partial charge is 0.315 e. The second kappa shape index (κ2) is 4.20. The van der Waals surface area contributed by atoms with Crippen molar-refractivity contribution in [2.24, 2.45) is 0 Å². The number of allylic oxidation sites excluding steroid dienone is 1. The lowest BCUT2D eigenvalue weighted by Crippen LogP contribution is -2.30. The van der Waals surface area contributed by atoms with Crippen LogP contribution in [0.4, 0.5) is 0 Å². The molecule has 0 aromatic heterocycles. The molecule has 0 amide bonds. The van der Waals surface area contributed by atoms with E-state index in [0.717, 1.165) is 0 Å². The van der Waals surface area contributed by atoms with Crippen molar-refractivity contribution in [3.63, 3.8) is 0 Å². The molecule has 12 heavy (non-hydrogen) atoms. The molecule has 0 aliphatic rings. The Hall–Kier alpha value is -0.133. The molecule has 0 radical (unpaired) electrons. The predicted octanol–water partition coefficient (Wildman–Crippen LogP) is 1.74. The summed E-state index contributed by atoms with van der Waals surface area (Å²) in [4.78, 5) is 0. The summed E-state index contributed by atoms with van der Waals surface area (Å²) in [6.07, 6.45) is 2.03. The Morgan fingerprint density at radius 1 is 1.42 bits per heavy atom. The van der Waals surface area contributed by atoms with Gasteiger partial charge in [-0.25, -0.2) is 8.42 Å². The van der Waals surface area contributed by atoms with Gasteiger partial charge in [-0.15, -0.1) is 6.58 Å². The molecule has 0 fully saturated rings. The van der Waals surface area contributed by atoms with Gasteiger partial charge in [0.25, 0.3) is 10.1 Å². The van der Waals surface area contributed by atoms with Gasteiger partial charge in [-0.3, -0.25) is 0 Å². The zero-order valence-electron chi connectivity index (χ0n) is 7.83. The Labute approximate surface area is 75.7 Å². The van der Waals surface area contributed by atoms with Gasteiger partial charge in [-0.05, 0) is 26.1 Å². The van der Waals surface area contributed by atoms with Gasteiger partial charge < -0.3 is 3.87 Å². The van der Waals surface area contributed by atoms with Gasteiger partial charge in [0.2, 0.25) is 8.32 Å². The lowest BCUT2D eigenvalue weighted by atomic mass is 10.5. The van der Waals surface area contributed by atoms with E-state index in [1.54, 1.807) is 6.08 Å². The minimum Gasteiger partial charge on any atom is -0.315 e. The van der Waals surface area contributed by atoms with Crippen molar-refractivity contribution in [2.75, 3.05) is 5.75 Å². The molecule has 0 aliphatic heterocycles. The van der Waals surface area contributed by atoms with E-state index >= 15 is 0 Å². The van der Waals surface area contributed by atoms with Crippen LogP contribution in [0.2, 0.25) is 19.6 Å². The maximum Gasteiger partial charge on any atom is 0.258 e. The topological polar surface area (TPSA) is 43.4 Å². The molecule has 0 saturated heterocycles. The first-order chi connectivity index (χ1) is 5.27. The highest BCUT2D eigenvalue weighted by Crippen LogP contribution is 2.09. The van der Waals surface area contributed by atoms with Crippen LogP contribution in [0.25, 0.3) is 0 Å². The van der Waals surface area contributed by atoms with E-state index in [2.05, 4.69) is 6.58 Å². The molecule has 3 nitrogen and oxygen atoms in total. The number of hydrogen-bond donors (Lipinski definition) is 0. The number of hydrogen-bond acceptors (Lipinski definition) is 3. The average molecular weight is 208 g/mol. The van der Waals surface area contributed by atoms with Crippen LogP contribution in [0.15, 0.2) is 12.7 Å². The maximum atomic E-state index is 11.2. The molecule has 0 bridgehead atoms. The van der Waals surface area contributed by atoms with Gasteiger partial charge in [0.05, 0.1) is 5.75 Å². The van der Waals surface area contributed by atoms with E-state index in [1.807, 2.05) is 19.6 Å². The first-order valence-electron chi connectivity index (χ1n) is 3.81. The van der Waals surface area contributed by atoms with E-state index in [1.165, 1.54) is 0 Å². The summed E-state index contributed by atoms with van der Waals surface area (Å²) in [7, 11) is -5.28. The van der Waals surface area contributed by atoms with Gasteiger partial charge in [-0.1, -0.05) is 6.08 Å².